The van der Waals surface area contributed by atoms with E-state index in [1.807, 2.05) is 0 Å². The predicted molar refractivity (Wildman–Crippen MR) is 102 cm³/mol. The van der Waals surface area contributed by atoms with Crippen molar-refractivity contribution >= 4 is 5.97 Å². The fourth-order valence-corrected chi connectivity index (χ4v) is 6.87. The lowest BCUT2D eigenvalue weighted by molar-refractivity contribution is -0.0747. The van der Waals surface area contributed by atoms with Crippen LogP contribution in [-0.4, -0.2) is 31.4 Å². The first-order valence-electron chi connectivity index (χ1n) is 10.6. The molecule has 5 fully saturated rings. The predicted octanol–water partition coefficient (Wildman–Crippen LogP) is 4.87. The minimum atomic E-state index is -1.23. The number of carboxylic acid groups (broad SMARTS) is 1. The summed E-state index contributed by atoms with van der Waals surface area (Å²) in [6.07, 6.45) is 8.79. The van der Waals surface area contributed by atoms with Gasteiger partial charge in [0.2, 0.25) is 0 Å². The lowest BCUT2D eigenvalue weighted by atomic mass is 9.50. The molecule has 0 heterocycles. The molecule has 4 nitrogen and oxygen atoms in total. The van der Waals surface area contributed by atoms with Crippen molar-refractivity contribution in [2.24, 2.45) is 29.1 Å². The maximum Gasteiger partial charge on any atom is 0.338 e. The van der Waals surface area contributed by atoms with Gasteiger partial charge in [-0.3, -0.25) is 0 Å². The van der Waals surface area contributed by atoms with Gasteiger partial charge in [-0.05, 0) is 86.2 Å². The Morgan fingerprint density at radius 2 is 1.79 bits per heavy atom. The highest BCUT2D eigenvalue weighted by Crippen LogP contribution is 2.60. The molecule has 1 N–H and O–H groups in total. The Hall–Kier alpha value is -1.62. The summed E-state index contributed by atoms with van der Waals surface area (Å²) in [5.41, 5.74) is 0.814. The lowest BCUT2D eigenvalue weighted by Crippen LogP contribution is -2.48. The number of hydrogen-bond donors (Lipinski definition) is 1. The average molecular weight is 388 g/mol. The topological polar surface area (TPSA) is 55.8 Å². The van der Waals surface area contributed by atoms with Gasteiger partial charge in [-0.1, -0.05) is 0 Å². The van der Waals surface area contributed by atoms with Gasteiger partial charge >= 0.3 is 5.97 Å². The minimum Gasteiger partial charge on any atom is -0.493 e. The van der Waals surface area contributed by atoms with Crippen LogP contribution >= 0.6 is 0 Å². The highest BCUT2D eigenvalue weighted by Gasteiger charge is 2.51. The quantitative estimate of drug-likeness (QED) is 0.724. The number of methoxy groups -OCH3 is 1. The Balaban J connectivity index is 1.38. The molecule has 5 saturated carbocycles. The fraction of sp³-hybridized carbons (Fsp3) is 0.696. The number of ether oxygens (including phenoxy) is 2. The Labute approximate surface area is 165 Å². The Kier molecular flexibility index (Phi) is 4.42. The van der Waals surface area contributed by atoms with Crippen LogP contribution in [-0.2, 0) is 4.74 Å². The van der Waals surface area contributed by atoms with Gasteiger partial charge in [-0.2, -0.15) is 0 Å². The second-order valence-corrected chi connectivity index (χ2v) is 9.94. The van der Waals surface area contributed by atoms with Gasteiger partial charge < -0.3 is 14.6 Å². The van der Waals surface area contributed by atoms with E-state index in [1.165, 1.54) is 50.7 Å². The van der Waals surface area contributed by atoms with Crippen molar-refractivity contribution in [3.63, 3.8) is 0 Å². The van der Waals surface area contributed by atoms with Crippen molar-refractivity contribution in [3.05, 3.63) is 29.1 Å². The number of carboxylic acids is 1. The summed E-state index contributed by atoms with van der Waals surface area (Å²) >= 11 is 0. The normalized spacial score (nSPS) is 37.9. The summed E-state index contributed by atoms with van der Waals surface area (Å²) in [6.45, 7) is 1.27. The van der Waals surface area contributed by atoms with Crippen molar-refractivity contribution in [1.82, 2.24) is 0 Å². The molecule has 2 atom stereocenters. The smallest absolute Gasteiger partial charge is 0.338 e. The van der Waals surface area contributed by atoms with E-state index in [0.717, 1.165) is 29.7 Å². The van der Waals surface area contributed by atoms with Gasteiger partial charge in [0, 0.05) is 25.2 Å². The molecule has 5 aliphatic carbocycles. The maximum absolute atomic E-state index is 14.4. The van der Waals surface area contributed by atoms with Crippen LogP contribution in [0.25, 0.3) is 0 Å². The van der Waals surface area contributed by atoms with Crippen LogP contribution in [0.3, 0.4) is 0 Å². The van der Waals surface area contributed by atoms with Crippen molar-refractivity contribution < 1.29 is 23.8 Å². The average Bonchev–Trinajstić information content (AvgIpc) is 3.38. The number of carbonyl (C=O) groups is 1. The van der Waals surface area contributed by atoms with E-state index in [0.29, 0.717) is 24.9 Å². The van der Waals surface area contributed by atoms with E-state index in [2.05, 4.69) is 0 Å². The molecule has 1 aromatic rings. The number of aromatic carboxylic acids is 1. The van der Waals surface area contributed by atoms with Crippen LogP contribution in [0.15, 0.2) is 12.1 Å². The molecule has 152 valence electrons. The Morgan fingerprint density at radius 3 is 2.36 bits per heavy atom. The molecule has 6 rings (SSSR count). The second-order valence-electron chi connectivity index (χ2n) is 9.94. The summed E-state index contributed by atoms with van der Waals surface area (Å²) in [5, 5.41) is 9.33. The molecule has 0 saturated heterocycles. The van der Waals surface area contributed by atoms with E-state index < -0.39 is 11.8 Å². The van der Waals surface area contributed by atoms with E-state index in [4.69, 9.17) is 9.47 Å². The first-order chi connectivity index (χ1) is 13.5. The monoisotopic (exact) mass is 388 g/mol. The largest absolute Gasteiger partial charge is 0.493 e. The van der Waals surface area contributed by atoms with Gasteiger partial charge in [0.15, 0.2) is 0 Å². The van der Waals surface area contributed by atoms with Gasteiger partial charge in [-0.15, -0.1) is 0 Å². The first kappa shape index (κ1) is 18.4. The Bertz CT molecular complexity index is 754. The Morgan fingerprint density at radius 1 is 1.14 bits per heavy atom. The second kappa shape index (κ2) is 6.72. The van der Waals surface area contributed by atoms with Gasteiger partial charge in [0.1, 0.15) is 11.6 Å². The standard InChI is InChI=1S/C23H29FO4/c1-27-11-16-5-17(16)18-6-19(22(25)26)20(24)7-21(18)28-12-23-8-13-2-14(9-23)4-15(3-13)10-23/h6-7,13-17H,2-5,8-12H2,1H3,(H,25,26)/t13?,14?,15?,16-,17+,23?/m0/s1. The summed E-state index contributed by atoms with van der Waals surface area (Å²) < 4.78 is 26.0. The minimum absolute atomic E-state index is 0.199. The number of hydrogen-bond acceptors (Lipinski definition) is 3. The molecule has 0 amide bonds. The van der Waals surface area contributed by atoms with Gasteiger partial charge in [0.05, 0.1) is 12.2 Å². The van der Waals surface area contributed by atoms with Gasteiger partial charge in [0.25, 0.3) is 0 Å². The molecule has 4 bridgehead atoms. The van der Waals surface area contributed by atoms with Crippen LogP contribution < -0.4 is 4.74 Å². The van der Waals surface area contributed by atoms with Crippen LogP contribution in [0, 0.1) is 34.9 Å². The number of rotatable bonds is 7. The third kappa shape index (κ3) is 3.22. The third-order valence-electron chi connectivity index (χ3n) is 7.73. The van der Waals surface area contributed by atoms with E-state index in [1.54, 1.807) is 7.11 Å². The lowest BCUT2D eigenvalue weighted by Gasteiger charge is -2.56. The molecule has 0 unspecified atom stereocenters. The van der Waals surface area contributed by atoms with Crippen LogP contribution in [0.1, 0.15) is 66.8 Å². The highest BCUT2D eigenvalue weighted by molar-refractivity contribution is 5.88. The van der Waals surface area contributed by atoms with Crippen molar-refractivity contribution in [1.29, 1.82) is 0 Å². The SMILES string of the molecule is COC[C@@H]1C[C@H]1c1cc(C(=O)O)c(F)cc1OCC12CC3CC(CC(C3)C1)C2. The van der Waals surface area contributed by atoms with Crippen molar-refractivity contribution in [2.75, 3.05) is 20.3 Å². The summed E-state index contributed by atoms with van der Waals surface area (Å²) in [4.78, 5) is 11.4. The van der Waals surface area contributed by atoms with E-state index in [-0.39, 0.29) is 16.9 Å². The molecule has 0 radical (unpaired) electrons. The van der Waals surface area contributed by atoms with Crippen molar-refractivity contribution in [2.45, 2.75) is 50.9 Å². The molecule has 1 aromatic carbocycles. The van der Waals surface area contributed by atoms with Crippen LogP contribution in [0.2, 0.25) is 0 Å². The van der Waals surface area contributed by atoms with Crippen LogP contribution in [0.5, 0.6) is 5.75 Å². The summed E-state index contributed by atoms with van der Waals surface area (Å²) in [6, 6.07) is 2.80. The van der Waals surface area contributed by atoms with Gasteiger partial charge in [-0.25, -0.2) is 9.18 Å². The summed E-state index contributed by atoms with van der Waals surface area (Å²) in [7, 11) is 1.67. The third-order valence-corrected chi connectivity index (χ3v) is 7.73. The first-order valence-corrected chi connectivity index (χ1v) is 10.6. The van der Waals surface area contributed by atoms with Crippen LogP contribution in [0.4, 0.5) is 4.39 Å². The van der Waals surface area contributed by atoms with E-state index >= 15 is 0 Å². The molecular formula is C23H29FO4. The van der Waals surface area contributed by atoms with E-state index in [9.17, 15) is 14.3 Å². The number of halogens is 1. The van der Waals surface area contributed by atoms with Crippen molar-refractivity contribution in [3.8, 4) is 5.75 Å². The molecule has 0 aliphatic heterocycles. The molecule has 0 aromatic heterocycles. The zero-order valence-corrected chi connectivity index (χ0v) is 16.5. The molecular weight excluding hydrogens is 359 g/mol. The molecule has 5 aliphatic rings. The molecule has 28 heavy (non-hydrogen) atoms. The number of benzene rings is 1. The molecule has 5 heteroatoms. The highest BCUT2D eigenvalue weighted by atomic mass is 19.1. The fourth-order valence-electron chi connectivity index (χ4n) is 6.87. The molecule has 0 spiro atoms. The maximum atomic E-state index is 14.4. The summed E-state index contributed by atoms with van der Waals surface area (Å²) in [5.74, 6) is 1.70. The zero-order chi connectivity index (χ0) is 19.5. The zero-order valence-electron chi connectivity index (χ0n) is 16.5.